The highest BCUT2D eigenvalue weighted by Gasteiger charge is 2.02. The number of methoxy groups -OCH3 is 1. The molecule has 0 bridgehead atoms. The van der Waals surface area contributed by atoms with Gasteiger partial charge in [-0.2, -0.15) is 5.11 Å². The van der Waals surface area contributed by atoms with Crippen LogP contribution in [0.25, 0.3) is 0 Å². The highest BCUT2D eigenvalue weighted by atomic mass is 16.5. The van der Waals surface area contributed by atoms with E-state index in [2.05, 4.69) is 9.85 Å². The number of carbonyl (C=O) groups excluding carboxylic acids is 1. The fraction of sp³-hybridized carbons (Fsp3) is 0.222. The molecule has 0 aliphatic heterocycles. The monoisotopic (exact) mass is 178 g/mol. The highest BCUT2D eigenvalue weighted by molar-refractivity contribution is 5.72. The van der Waals surface area contributed by atoms with E-state index in [9.17, 15) is 4.79 Å². The van der Waals surface area contributed by atoms with Crippen LogP contribution in [-0.4, -0.2) is 13.1 Å². The van der Waals surface area contributed by atoms with E-state index in [4.69, 9.17) is 5.53 Å². The van der Waals surface area contributed by atoms with Gasteiger partial charge in [0.25, 0.3) is 0 Å². The standard InChI is InChI=1S/C9H10N2O2/c1-13-9(12)6-7-3-2-4-8(5-7)11-10/h2-5,10H,6H2,1H3. The molecule has 0 aliphatic rings. The molecule has 0 amide bonds. The van der Waals surface area contributed by atoms with Crippen LogP contribution in [-0.2, 0) is 16.0 Å². The summed E-state index contributed by atoms with van der Waals surface area (Å²) < 4.78 is 4.51. The Kier molecular flexibility index (Phi) is 3.14. The van der Waals surface area contributed by atoms with Crippen molar-refractivity contribution in [2.45, 2.75) is 6.42 Å². The fourth-order valence-electron chi connectivity index (χ4n) is 0.975. The number of ether oxygens (including phenoxy) is 1. The van der Waals surface area contributed by atoms with Crippen LogP contribution in [0.4, 0.5) is 5.69 Å². The molecule has 0 atom stereocenters. The summed E-state index contributed by atoms with van der Waals surface area (Å²) >= 11 is 0. The second-order valence-corrected chi connectivity index (χ2v) is 2.53. The lowest BCUT2D eigenvalue weighted by Crippen LogP contribution is -2.03. The SMILES string of the molecule is COC(=O)Cc1cccc(N=N)c1. The number of nitrogens with one attached hydrogen (secondary N) is 1. The van der Waals surface area contributed by atoms with Gasteiger partial charge in [0.05, 0.1) is 19.2 Å². The van der Waals surface area contributed by atoms with Gasteiger partial charge in [-0.3, -0.25) is 4.79 Å². The highest BCUT2D eigenvalue weighted by Crippen LogP contribution is 2.13. The van der Waals surface area contributed by atoms with Crippen molar-refractivity contribution in [3.05, 3.63) is 29.8 Å². The van der Waals surface area contributed by atoms with Gasteiger partial charge < -0.3 is 4.74 Å². The average molecular weight is 178 g/mol. The molecular weight excluding hydrogens is 168 g/mol. The number of hydrogen-bond acceptors (Lipinski definition) is 4. The summed E-state index contributed by atoms with van der Waals surface area (Å²) in [5, 5.41) is 3.26. The van der Waals surface area contributed by atoms with Gasteiger partial charge in [-0.15, -0.1) is 0 Å². The predicted molar refractivity (Wildman–Crippen MR) is 47.0 cm³/mol. The first kappa shape index (κ1) is 9.38. The summed E-state index contributed by atoms with van der Waals surface area (Å²) in [6.45, 7) is 0. The van der Waals surface area contributed by atoms with E-state index in [1.54, 1.807) is 24.3 Å². The Morgan fingerprint density at radius 3 is 3.00 bits per heavy atom. The normalized spacial score (nSPS) is 9.31. The van der Waals surface area contributed by atoms with E-state index >= 15 is 0 Å². The molecule has 0 heterocycles. The minimum Gasteiger partial charge on any atom is -0.469 e. The molecule has 1 aromatic carbocycles. The number of carbonyl (C=O) groups is 1. The largest absolute Gasteiger partial charge is 0.469 e. The molecule has 68 valence electrons. The molecule has 4 nitrogen and oxygen atoms in total. The van der Waals surface area contributed by atoms with Crippen LogP contribution in [0.5, 0.6) is 0 Å². The van der Waals surface area contributed by atoms with Crippen LogP contribution in [0.1, 0.15) is 5.56 Å². The zero-order valence-electron chi connectivity index (χ0n) is 7.28. The van der Waals surface area contributed by atoms with Gasteiger partial charge in [0.15, 0.2) is 0 Å². The molecule has 0 fully saturated rings. The maximum Gasteiger partial charge on any atom is 0.309 e. The van der Waals surface area contributed by atoms with Crippen molar-refractivity contribution in [3.8, 4) is 0 Å². The van der Waals surface area contributed by atoms with E-state index in [0.29, 0.717) is 5.69 Å². The van der Waals surface area contributed by atoms with E-state index < -0.39 is 0 Å². The van der Waals surface area contributed by atoms with Gasteiger partial charge in [-0.1, -0.05) is 12.1 Å². The second kappa shape index (κ2) is 4.35. The van der Waals surface area contributed by atoms with Crippen LogP contribution in [0.2, 0.25) is 0 Å². The first-order valence-corrected chi connectivity index (χ1v) is 3.79. The molecule has 0 radical (unpaired) electrons. The van der Waals surface area contributed by atoms with Crippen molar-refractivity contribution in [2.75, 3.05) is 7.11 Å². The van der Waals surface area contributed by atoms with Gasteiger partial charge in [0, 0.05) is 0 Å². The number of esters is 1. The number of benzene rings is 1. The molecule has 0 aliphatic carbocycles. The molecule has 1 aromatic rings. The van der Waals surface area contributed by atoms with Crippen molar-refractivity contribution in [1.82, 2.24) is 0 Å². The van der Waals surface area contributed by atoms with Crippen LogP contribution in [0.3, 0.4) is 0 Å². The second-order valence-electron chi connectivity index (χ2n) is 2.53. The molecule has 0 unspecified atom stereocenters. The van der Waals surface area contributed by atoms with Gasteiger partial charge in [0.1, 0.15) is 0 Å². The molecule has 0 aromatic heterocycles. The molecule has 1 rings (SSSR count). The number of nitrogens with zero attached hydrogens (tertiary/aromatic N) is 1. The zero-order chi connectivity index (χ0) is 9.68. The Balaban J connectivity index is 2.77. The Morgan fingerprint density at radius 2 is 2.38 bits per heavy atom. The van der Waals surface area contributed by atoms with Gasteiger partial charge in [-0.25, -0.2) is 5.53 Å². The summed E-state index contributed by atoms with van der Waals surface area (Å²) in [5.41, 5.74) is 8.13. The topological polar surface area (TPSA) is 62.5 Å². The third-order valence-electron chi connectivity index (χ3n) is 1.62. The van der Waals surface area contributed by atoms with Crippen molar-refractivity contribution >= 4 is 11.7 Å². The minimum absolute atomic E-state index is 0.222. The van der Waals surface area contributed by atoms with Crippen molar-refractivity contribution in [1.29, 1.82) is 5.53 Å². The van der Waals surface area contributed by atoms with E-state index in [-0.39, 0.29) is 12.4 Å². The lowest BCUT2D eigenvalue weighted by Gasteiger charge is -1.99. The maximum atomic E-state index is 10.9. The third-order valence-corrected chi connectivity index (χ3v) is 1.62. The summed E-state index contributed by atoms with van der Waals surface area (Å²) in [6, 6.07) is 6.94. The first-order chi connectivity index (χ1) is 6.26. The maximum absolute atomic E-state index is 10.9. The Morgan fingerprint density at radius 1 is 1.62 bits per heavy atom. The van der Waals surface area contributed by atoms with E-state index in [1.165, 1.54) is 7.11 Å². The molecule has 0 spiro atoms. The Bertz CT molecular complexity index is 323. The lowest BCUT2D eigenvalue weighted by molar-refractivity contribution is -0.139. The van der Waals surface area contributed by atoms with E-state index in [1.807, 2.05) is 0 Å². The van der Waals surface area contributed by atoms with Crippen LogP contribution in [0.15, 0.2) is 29.4 Å². The smallest absolute Gasteiger partial charge is 0.309 e. The molecule has 0 saturated heterocycles. The van der Waals surface area contributed by atoms with E-state index in [0.717, 1.165) is 5.56 Å². The fourth-order valence-corrected chi connectivity index (χ4v) is 0.975. The molecule has 1 N–H and O–H groups in total. The third kappa shape index (κ3) is 2.66. The summed E-state index contributed by atoms with van der Waals surface area (Å²) in [6.07, 6.45) is 0.222. The molecule has 4 heteroatoms. The van der Waals surface area contributed by atoms with Crippen molar-refractivity contribution < 1.29 is 9.53 Å². The molecule has 0 saturated carbocycles. The van der Waals surface area contributed by atoms with Gasteiger partial charge in [0.2, 0.25) is 0 Å². The van der Waals surface area contributed by atoms with Gasteiger partial charge in [-0.05, 0) is 17.7 Å². The summed E-state index contributed by atoms with van der Waals surface area (Å²) in [7, 11) is 1.35. The summed E-state index contributed by atoms with van der Waals surface area (Å²) in [5.74, 6) is -0.290. The van der Waals surface area contributed by atoms with Gasteiger partial charge >= 0.3 is 5.97 Å². The molecular formula is C9H10N2O2. The first-order valence-electron chi connectivity index (χ1n) is 3.79. The van der Waals surface area contributed by atoms with Crippen molar-refractivity contribution in [2.24, 2.45) is 5.11 Å². The number of rotatable bonds is 3. The quantitative estimate of drug-likeness (QED) is 0.568. The summed E-state index contributed by atoms with van der Waals surface area (Å²) in [4.78, 5) is 10.9. The lowest BCUT2D eigenvalue weighted by atomic mass is 10.1. The molecule has 13 heavy (non-hydrogen) atoms. The average Bonchev–Trinajstić information content (AvgIpc) is 2.18. The zero-order valence-corrected chi connectivity index (χ0v) is 7.28. The van der Waals surface area contributed by atoms with Crippen LogP contribution in [0, 0.1) is 5.53 Å². The predicted octanol–water partition coefficient (Wildman–Crippen LogP) is 2.06. The number of hydrogen-bond donors (Lipinski definition) is 1. The Labute approximate surface area is 76.0 Å². The Hall–Kier alpha value is -1.71. The van der Waals surface area contributed by atoms with Crippen molar-refractivity contribution in [3.63, 3.8) is 0 Å². The van der Waals surface area contributed by atoms with Crippen LogP contribution < -0.4 is 0 Å². The minimum atomic E-state index is -0.290. The van der Waals surface area contributed by atoms with Crippen LogP contribution >= 0.6 is 0 Å².